The fourth-order valence-corrected chi connectivity index (χ4v) is 3.35. The van der Waals surface area contributed by atoms with E-state index in [1.165, 1.54) is 11.3 Å². The number of rotatable bonds is 5. The molecule has 0 fully saturated rings. The van der Waals surface area contributed by atoms with E-state index in [1.54, 1.807) is 12.1 Å². The number of nitrogens with one attached hydrogen (secondary N) is 2. The number of thiazole rings is 1. The zero-order chi connectivity index (χ0) is 15.7. The van der Waals surface area contributed by atoms with Gasteiger partial charge >= 0.3 is 10.6 Å². The van der Waals surface area contributed by atoms with Crippen LogP contribution in [-0.2, 0) is 6.54 Å². The van der Waals surface area contributed by atoms with Crippen molar-refractivity contribution in [3.63, 3.8) is 0 Å². The molecule has 6 nitrogen and oxygen atoms in total. The average Bonchev–Trinajstić information content (AvgIpc) is 3.05. The van der Waals surface area contributed by atoms with Gasteiger partial charge in [-0.1, -0.05) is 31.3 Å². The Morgan fingerprint density at radius 3 is 2.68 bits per heavy atom. The van der Waals surface area contributed by atoms with E-state index in [0.717, 1.165) is 35.8 Å². The van der Waals surface area contributed by atoms with Gasteiger partial charge in [0.15, 0.2) is 5.58 Å². The molecule has 0 saturated heterocycles. The van der Waals surface area contributed by atoms with Crippen molar-refractivity contribution in [1.29, 1.82) is 0 Å². The molecule has 0 aliphatic heterocycles. The molecule has 0 radical (unpaired) electrons. The fourth-order valence-electron chi connectivity index (χ4n) is 2.46. The van der Waals surface area contributed by atoms with Crippen LogP contribution in [0.4, 0.5) is 0 Å². The van der Waals surface area contributed by atoms with Gasteiger partial charge < -0.3 is 9.40 Å². The molecule has 22 heavy (non-hydrogen) atoms. The molecule has 0 aliphatic carbocycles. The molecule has 2 N–H and O–H groups in total. The number of aromatic nitrogens is 2. The van der Waals surface area contributed by atoms with E-state index in [2.05, 4.69) is 28.7 Å². The molecule has 0 amide bonds. The van der Waals surface area contributed by atoms with Gasteiger partial charge in [0.05, 0.1) is 11.2 Å². The van der Waals surface area contributed by atoms with E-state index in [9.17, 15) is 9.59 Å². The first-order valence-electron chi connectivity index (χ1n) is 7.18. The first-order valence-corrected chi connectivity index (χ1v) is 8.00. The normalized spacial score (nSPS) is 11.6. The van der Waals surface area contributed by atoms with Gasteiger partial charge in [0.1, 0.15) is 0 Å². The van der Waals surface area contributed by atoms with Crippen LogP contribution in [0.25, 0.3) is 22.4 Å². The van der Waals surface area contributed by atoms with Crippen LogP contribution in [0.5, 0.6) is 0 Å². The molecule has 0 atom stereocenters. The summed E-state index contributed by atoms with van der Waals surface area (Å²) in [5.74, 6) is -0.477. The molecule has 116 valence electrons. The quantitative estimate of drug-likeness (QED) is 0.756. The topological polar surface area (TPSA) is 82.1 Å². The number of H-pyrrole nitrogens is 2. The maximum atomic E-state index is 11.8. The minimum atomic E-state index is -0.477. The molecule has 0 saturated carbocycles. The smallest absolute Gasteiger partial charge is 0.408 e. The Bertz CT molecular complexity index is 899. The lowest BCUT2D eigenvalue weighted by atomic mass is 10.1. The van der Waals surface area contributed by atoms with Crippen molar-refractivity contribution in [3.05, 3.63) is 43.3 Å². The number of benzene rings is 1. The summed E-state index contributed by atoms with van der Waals surface area (Å²) in [6.07, 6.45) is 0. The van der Waals surface area contributed by atoms with Crippen LogP contribution in [0.2, 0.25) is 0 Å². The van der Waals surface area contributed by atoms with Gasteiger partial charge in [-0.25, -0.2) is 4.79 Å². The van der Waals surface area contributed by atoms with E-state index >= 15 is 0 Å². The van der Waals surface area contributed by atoms with Crippen molar-refractivity contribution in [2.45, 2.75) is 20.4 Å². The maximum Gasteiger partial charge on any atom is 0.417 e. The molecule has 3 aromatic rings. The van der Waals surface area contributed by atoms with Gasteiger partial charge in [-0.05, 0) is 25.2 Å². The van der Waals surface area contributed by atoms with Crippen molar-refractivity contribution in [2.24, 2.45) is 0 Å². The monoisotopic (exact) mass is 319 g/mol. The van der Waals surface area contributed by atoms with Gasteiger partial charge in [-0.3, -0.25) is 14.7 Å². The summed E-state index contributed by atoms with van der Waals surface area (Å²) in [4.78, 5) is 31.7. The highest BCUT2D eigenvalue weighted by molar-refractivity contribution is 7.09. The number of hydrogen-bond donors (Lipinski definition) is 2. The first-order chi connectivity index (χ1) is 10.6. The van der Waals surface area contributed by atoms with Crippen LogP contribution in [0.15, 0.2) is 32.2 Å². The third-order valence-electron chi connectivity index (χ3n) is 3.69. The molecule has 0 unspecified atom stereocenters. The van der Waals surface area contributed by atoms with E-state index in [-0.39, 0.29) is 4.87 Å². The lowest BCUT2D eigenvalue weighted by Crippen LogP contribution is -2.21. The highest BCUT2D eigenvalue weighted by Gasteiger charge is 2.14. The molecule has 1 aromatic carbocycles. The van der Waals surface area contributed by atoms with E-state index in [0.29, 0.717) is 11.1 Å². The Labute approximate surface area is 130 Å². The maximum absolute atomic E-state index is 11.8. The lowest BCUT2D eigenvalue weighted by molar-refractivity contribution is 0.298. The van der Waals surface area contributed by atoms with Gasteiger partial charge in [-0.15, -0.1) is 0 Å². The lowest BCUT2D eigenvalue weighted by Gasteiger charge is -2.17. The highest BCUT2D eigenvalue weighted by Crippen LogP contribution is 2.27. The number of fused-ring (bicyclic) bond motifs is 1. The summed E-state index contributed by atoms with van der Waals surface area (Å²) >= 11 is 1.23. The van der Waals surface area contributed by atoms with Crippen LogP contribution < -0.4 is 10.6 Å². The predicted molar refractivity (Wildman–Crippen MR) is 87.4 cm³/mol. The van der Waals surface area contributed by atoms with Crippen LogP contribution in [0.1, 0.15) is 18.7 Å². The summed E-state index contributed by atoms with van der Waals surface area (Å²) in [6.45, 7) is 6.76. The number of nitrogens with zero attached hydrogens (tertiary/aromatic N) is 1. The Hall–Kier alpha value is -2.12. The minimum Gasteiger partial charge on any atom is -0.408 e. The largest absolute Gasteiger partial charge is 0.417 e. The second-order valence-electron chi connectivity index (χ2n) is 5.00. The van der Waals surface area contributed by atoms with Crippen LogP contribution in [0.3, 0.4) is 0 Å². The second kappa shape index (κ2) is 5.94. The molecule has 0 bridgehead atoms. The van der Waals surface area contributed by atoms with E-state index in [4.69, 9.17) is 4.42 Å². The molecular formula is C15H17N3O3S. The summed E-state index contributed by atoms with van der Waals surface area (Å²) in [5, 5.41) is 0. The van der Waals surface area contributed by atoms with Crippen LogP contribution in [0, 0.1) is 0 Å². The van der Waals surface area contributed by atoms with Crippen molar-refractivity contribution in [1.82, 2.24) is 14.9 Å². The molecule has 7 heteroatoms. The van der Waals surface area contributed by atoms with Crippen LogP contribution in [-0.4, -0.2) is 28.0 Å². The Kier molecular flexibility index (Phi) is 4.00. The third-order valence-corrected chi connectivity index (χ3v) is 4.56. The predicted octanol–water partition coefficient (Wildman–Crippen LogP) is 2.38. The molecule has 2 aromatic heterocycles. The van der Waals surface area contributed by atoms with Crippen molar-refractivity contribution in [3.8, 4) is 11.3 Å². The summed E-state index contributed by atoms with van der Waals surface area (Å²) in [7, 11) is 0. The number of aromatic amines is 2. The van der Waals surface area contributed by atoms with Crippen molar-refractivity contribution >= 4 is 22.4 Å². The van der Waals surface area contributed by atoms with Crippen LogP contribution >= 0.6 is 11.3 Å². The summed E-state index contributed by atoms with van der Waals surface area (Å²) < 4.78 is 5.09. The number of oxazole rings is 1. The first kappa shape index (κ1) is 14.8. The molecule has 2 heterocycles. The fraction of sp³-hybridized carbons (Fsp3) is 0.333. The average molecular weight is 319 g/mol. The number of hydrogen-bond acceptors (Lipinski definition) is 5. The summed E-state index contributed by atoms with van der Waals surface area (Å²) in [6, 6.07) is 5.43. The second-order valence-corrected chi connectivity index (χ2v) is 6.07. The zero-order valence-corrected chi connectivity index (χ0v) is 13.3. The van der Waals surface area contributed by atoms with Crippen molar-refractivity contribution < 1.29 is 4.42 Å². The van der Waals surface area contributed by atoms with Gasteiger partial charge in [0.25, 0.3) is 0 Å². The molecule has 3 rings (SSSR count). The summed E-state index contributed by atoms with van der Waals surface area (Å²) in [5.41, 5.74) is 2.78. The van der Waals surface area contributed by atoms with E-state index < -0.39 is 5.76 Å². The molecule has 0 spiro atoms. The van der Waals surface area contributed by atoms with E-state index in [1.807, 2.05) is 6.07 Å². The highest BCUT2D eigenvalue weighted by atomic mass is 32.1. The van der Waals surface area contributed by atoms with Gasteiger partial charge in [0.2, 0.25) is 0 Å². The van der Waals surface area contributed by atoms with Crippen molar-refractivity contribution in [2.75, 3.05) is 13.1 Å². The Balaban J connectivity index is 2.05. The zero-order valence-electron chi connectivity index (χ0n) is 12.4. The molecular weight excluding hydrogens is 302 g/mol. The van der Waals surface area contributed by atoms with Gasteiger partial charge in [0, 0.05) is 17.0 Å². The third kappa shape index (κ3) is 2.77. The SMILES string of the molecule is CCN(CC)Cc1sc(=O)[nH]c1-c1ccc2[nH]c(=O)oc2c1. The molecule has 0 aliphatic rings. The van der Waals surface area contributed by atoms with Gasteiger partial charge in [-0.2, -0.15) is 0 Å². The Morgan fingerprint density at radius 2 is 1.95 bits per heavy atom. The standard InChI is InChI=1S/C15H17N3O3S/c1-3-18(4-2)8-12-13(17-15(20)22-12)9-5-6-10-11(7-9)21-14(19)16-10/h5-7H,3-4,8H2,1-2H3,(H,16,19)(H,17,20). The minimum absolute atomic E-state index is 0.0761. The Morgan fingerprint density at radius 1 is 1.18 bits per heavy atom.